The van der Waals surface area contributed by atoms with Gasteiger partial charge >= 0.3 is 39.5 Å². The van der Waals surface area contributed by atoms with Crippen LogP contribution in [0.15, 0.2) is 0 Å². The van der Waals surface area contributed by atoms with E-state index in [0.717, 1.165) is 120 Å². The maximum Gasteiger partial charge on any atom is 0.472 e. The molecule has 8 atom stereocenters. The molecule has 0 saturated carbocycles. The van der Waals surface area contributed by atoms with Crippen molar-refractivity contribution in [2.24, 2.45) is 23.7 Å². The van der Waals surface area contributed by atoms with E-state index < -0.39 is 97.5 Å². The third kappa shape index (κ3) is 64.5. The van der Waals surface area contributed by atoms with Gasteiger partial charge in [-0.3, -0.25) is 37.3 Å². The smallest absolute Gasteiger partial charge is 0.462 e. The van der Waals surface area contributed by atoms with Gasteiger partial charge in [-0.2, -0.15) is 0 Å². The number of phosphoric ester groups is 2. The molecule has 17 nitrogen and oxygen atoms in total. The van der Waals surface area contributed by atoms with Crippen molar-refractivity contribution in [3.63, 3.8) is 0 Å². The number of carbonyl (C=O) groups is 4. The van der Waals surface area contributed by atoms with Crippen molar-refractivity contribution >= 4 is 39.5 Å². The Kier molecular flexibility index (Phi) is 62.2. The molecule has 0 aliphatic carbocycles. The van der Waals surface area contributed by atoms with Gasteiger partial charge in [0.1, 0.15) is 19.3 Å². The van der Waals surface area contributed by atoms with Crippen molar-refractivity contribution in [2.75, 3.05) is 39.6 Å². The highest BCUT2D eigenvalue weighted by atomic mass is 31.2. The quantitative estimate of drug-likeness (QED) is 0.0222. The maximum atomic E-state index is 13.1. The zero-order valence-corrected chi connectivity index (χ0v) is 62.7. The van der Waals surface area contributed by atoms with Crippen molar-refractivity contribution < 1.29 is 80.2 Å². The second-order valence-electron chi connectivity index (χ2n) is 27.9. The molecule has 0 aromatic heterocycles. The van der Waals surface area contributed by atoms with Gasteiger partial charge in [0.05, 0.1) is 26.4 Å². The molecule has 0 aliphatic rings. The molecule has 0 aliphatic heterocycles. The lowest BCUT2D eigenvalue weighted by Crippen LogP contribution is -2.30. The monoisotopic (exact) mass is 1370 g/mol. The summed E-state index contributed by atoms with van der Waals surface area (Å²) in [5.41, 5.74) is 0. The van der Waals surface area contributed by atoms with E-state index in [1.54, 1.807) is 0 Å². The first kappa shape index (κ1) is 91.1. The summed E-state index contributed by atoms with van der Waals surface area (Å²) in [6, 6.07) is 0. The number of aliphatic hydroxyl groups excluding tert-OH is 1. The number of hydrogen-bond acceptors (Lipinski definition) is 15. The van der Waals surface area contributed by atoms with E-state index in [0.29, 0.717) is 25.7 Å². The first-order valence-electron chi connectivity index (χ1n) is 38.3. The molecular formula is C74H144O17P2. The van der Waals surface area contributed by atoms with Gasteiger partial charge in [0.2, 0.25) is 0 Å². The Hall–Kier alpha value is -1.94. The largest absolute Gasteiger partial charge is 0.472 e. The standard InChI is InChI=1S/C74H144O17P2/c1-9-65(6)51-43-35-27-24-25-29-40-48-56-73(78)90-69(60-84-71(76)54-46-38-28-23-21-19-17-15-13-12-14-16-18-20-22-26-34-42-50-64(4)5)62-88-92(80,81)86-58-68(75)59-87-93(82,83)89-63-70(91-74(79)57-49-41-33-31-37-45-53-67(8)11-3)61-85-72(77)55-47-39-32-30-36-44-52-66(7)10-2/h64-70,75H,9-63H2,1-8H3,(H,80,81)(H,82,83)/t65?,66?,67?,68-,69-,70-/m1/s1. The summed E-state index contributed by atoms with van der Waals surface area (Å²) in [5, 5.41) is 10.6. The molecule has 0 fully saturated rings. The van der Waals surface area contributed by atoms with Gasteiger partial charge in [0.15, 0.2) is 12.2 Å². The maximum absolute atomic E-state index is 13.1. The van der Waals surface area contributed by atoms with Gasteiger partial charge in [-0.15, -0.1) is 0 Å². The lowest BCUT2D eigenvalue weighted by atomic mass is 9.99. The Morgan fingerprint density at radius 2 is 0.516 bits per heavy atom. The average Bonchev–Trinajstić information content (AvgIpc) is 3.41. The van der Waals surface area contributed by atoms with Crippen LogP contribution in [0, 0.1) is 23.7 Å². The van der Waals surface area contributed by atoms with Crippen LogP contribution in [-0.4, -0.2) is 96.7 Å². The number of rotatable bonds is 71. The summed E-state index contributed by atoms with van der Waals surface area (Å²) in [5.74, 6) is 0.913. The van der Waals surface area contributed by atoms with E-state index in [1.165, 1.54) is 167 Å². The van der Waals surface area contributed by atoms with Crippen molar-refractivity contribution in [1.29, 1.82) is 0 Å². The fourth-order valence-electron chi connectivity index (χ4n) is 11.1. The first-order valence-corrected chi connectivity index (χ1v) is 41.3. The van der Waals surface area contributed by atoms with E-state index in [-0.39, 0.29) is 25.7 Å². The Balaban J connectivity index is 5.17. The number of hydrogen-bond donors (Lipinski definition) is 3. The van der Waals surface area contributed by atoms with Crippen LogP contribution in [-0.2, 0) is 65.4 Å². The fraction of sp³-hybridized carbons (Fsp3) is 0.946. The molecule has 0 aromatic rings. The Bertz CT molecular complexity index is 1840. The molecule has 0 aromatic carbocycles. The minimum Gasteiger partial charge on any atom is -0.462 e. The molecule has 0 amide bonds. The molecule has 5 unspecified atom stereocenters. The van der Waals surface area contributed by atoms with Gasteiger partial charge in [-0.1, -0.05) is 319 Å². The fourth-order valence-corrected chi connectivity index (χ4v) is 12.7. The van der Waals surface area contributed by atoms with Crippen LogP contribution in [0.1, 0.15) is 370 Å². The number of carbonyl (C=O) groups excluding carboxylic acids is 4. The van der Waals surface area contributed by atoms with Crippen molar-refractivity contribution in [3.05, 3.63) is 0 Å². The zero-order valence-electron chi connectivity index (χ0n) is 60.9. The molecule has 0 heterocycles. The third-order valence-corrected chi connectivity index (χ3v) is 20.1. The average molecular weight is 1370 g/mol. The topological polar surface area (TPSA) is 237 Å². The molecule has 19 heteroatoms. The van der Waals surface area contributed by atoms with Gasteiger partial charge < -0.3 is 33.8 Å². The van der Waals surface area contributed by atoms with E-state index >= 15 is 0 Å². The molecule has 93 heavy (non-hydrogen) atoms. The molecule has 0 spiro atoms. The van der Waals surface area contributed by atoms with Crippen LogP contribution in [0.3, 0.4) is 0 Å². The molecular weight excluding hydrogens is 1220 g/mol. The van der Waals surface area contributed by atoms with Gasteiger partial charge in [-0.25, -0.2) is 9.13 Å². The minimum absolute atomic E-state index is 0.102. The van der Waals surface area contributed by atoms with Gasteiger partial charge in [0.25, 0.3) is 0 Å². The molecule has 0 rings (SSSR count). The summed E-state index contributed by atoms with van der Waals surface area (Å²) < 4.78 is 68.4. The highest BCUT2D eigenvalue weighted by molar-refractivity contribution is 7.47. The van der Waals surface area contributed by atoms with E-state index in [1.807, 2.05) is 0 Å². The predicted molar refractivity (Wildman–Crippen MR) is 377 cm³/mol. The predicted octanol–water partition coefficient (Wildman–Crippen LogP) is 21.3. The molecule has 0 radical (unpaired) electrons. The lowest BCUT2D eigenvalue weighted by Gasteiger charge is -2.21. The second kappa shape index (κ2) is 63.5. The molecule has 3 N–H and O–H groups in total. The van der Waals surface area contributed by atoms with E-state index in [4.69, 9.17) is 37.0 Å². The number of esters is 4. The zero-order chi connectivity index (χ0) is 68.9. The van der Waals surface area contributed by atoms with Crippen molar-refractivity contribution in [3.8, 4) is 0 Å². The Labute approximate surface area is 568 Å². The van der Waals surface area contributed by atoms with E-state index in [9.17, 15) is 43.2 Å². The highest BCUT2D eigenvalue weighted by Gasteiger charge is 2.30. The Morgan fingerprint density at radius 3 is 0.763 bits per heavy atom. The van der Waals surface area contributed by atoms with Crippen LogP contribution >= 0.6 is 15.6 Å². The summed E-state index contributed by atoms with van der Waals surface area (Å²) in [6.07, 6.45) is 47.4. The summed E-state index contributed by atoms with van der Waals surface area (Å²) in [7, 11) is -9.91. The second-order valence-corrected chi connectivity index (χ2v) is 30.8. The number of unbranched alkanes of at least 4 members (excludes halogenated alkanes) is 34. The summed E-state index contributed by atoms with van der Waals surface area (Å²) in [6.45, 7) is 14.1. The number of ether oxygens (including phenoxy) is 4. The highest BCUT2D eigenvalue weighted by Crippen LogP contribution is 2.45. The number of aliphatic hydroxyl groups is 1. The summed E-state index contributed by atoms with van der Waals surface area (Å²) >= 11 is 0. The molecule has 552 valence electrons. The summed E-state index contributed by atoms with van der Waals surface area (Å²) in [4.78, 5) is 72.6. The van der Waals surface area contributed by atoms with Gasteiger partial charge in [0, 0.05) is 25.7 Å². The third-order valence-electron chi connectivity index (χ3n) is 18.2. The van der Waals surface area contributed by atoms with Crippen molar-refractivity contribution in [2.45, 2.75) is 388 Å². The van der Waals surface area contributed by atoms with Crippen LogP contribution in [0.25, 0.3) is 0 Å². The Morgan fingerprint density at radius 1 is 0.301 bits per heavy atom. The number of phosphoric acid groups is 2. The SMILES string of the molecule is CCC(C)CCCCCCCCCCC(=O)O[C@H](COC(=O)CCCCCCCCCCCCCCCCCCCCC(C)C)COP(=O)(O)OC[C@@H](O)COP(=O)(O)OC[C@@H](COC(=O)CCCCCCCCC(C)CC)OC(=O)CCCCCCCCC(C)CC. The normalized spacial score (nSPS) is 15.1. The van der Waals surface area contributed by atoms with Gasteiger partial charge in [-0.05, 0) is 49.4 Å². The lowest BCUT2D eigenvalue weighted by molar-refractivity contribution is -0.161. The first-order chi connectivity index (χ1) is 44.7. The molecule has 0 bridgehead atoms. The van der Waals surface area contributed by atoms with Crippen LogP contribution < -0.4 is 0 Å². The molecule has 0 saturated heterocycles. The van der Waals surface area contributed by atoms with Crippen LogP contribution in [0.5, 0.6) is 0 Å². The van der Waals surface area contributed by atoms with E-state index in [2.05, 4.69) is 55.4 Å². The minimum atomic E-state index is -4.96. The van der Waals surface area contributed by atoms with Crippen LogP contribution in [0.4, 0.5) is 0 Å². The van der Waals surface area contributed by atoms with Crippen molar-refractivity contribution in [1.82, 2.24) is 0 Å². The van der Waals surface area contributed by atoms with Crippen LogP contribution in [0.2, 0.25) is 0 Å².